The van der Waals surface area contributed by atoms with Crippen LogP contribution in [-0.2, 0) is 16.6 Å². The number of aromatic nitrogens is 1. The van der Waals surface area contributed by atoms with Gasteiger partial charge in [0, 0.05) is 31.2 Å². The lowest BCUT2D eigenvalue weighted by Gasteiger charge is -2.31. The smallest absolute Gasteiger partial charge is 0.253 e. The quantitative estimate of drug-likeness (QED) is 0.786. The van der Waals surface area contributed by atoms with Gasteiger partial charge in [-0.2, -0.15) is 0 Å². The van der Waals surface area contributed by atoms with Crippen molar-refractivity contribution in [1.82, 2.24) is 14.6 Å². The highest BCUT2D eigenvalue weighted by molar-refractivity contribution is 7.89. The van der Waals surface area contributed by atoms with E-state index in [9.17, 15) is 13.2 Å². The SMILES string of the molecule is CCS(=O)(=O)N1CCC(c2nc(C)ccc2C(=O)NCc2ccc(C)cc2)CC1. The minimum atomic E-state index is -3.17. The molecule has 0 atom stereocenters. The van der Waals surface area contributed by atoms with Gasteiger partial charge in [-0.15, -0.1) is 0 Å². The summed E-state index contributed by atoms with van der Waals surface area (Å²) in [4.78, 5) is 17.5. The molecule has 1 aromatic carbocycles. The summed E-state index contributed by atoms with van der Waals surface area (Å²) in [6.07, 6.45) is 1.35. The Bertz CT molecular complexity index is 963. The number of piperidine rings is 1. The van der Waals surface area contributed by atoms with Gasteiger partial charge >= 0.3 is 0 Å². The number of hydrogen-bond acceptors (Lipinski definition) is 4. The van der Waals surface area contributed by atoms with E-state index in [1.807, 2.05) is 50.2 Å². The van der Waals surface area contributed by atoms with Crippen molar-refractivity contribution in [3.63, 3.8) is 0 Å². The van der Waals surface area contributed by atoms with Gasteiger partial charge in [-0.25, -0.2) is 12.7 Å². The van der Waals surface area contributed by atoms with Crippen LogP contribution in [0.4, 0.5) is 0 Å². The predicted molar refractivity (Wildman–Crippen MR) is 114 cm³/mol. The molecule has 6 nitrogen and oxygen atoms in total. The van der Waals surface area contributed by atoms with Crippen LogP contribution < -0.4 is 5.32 Å². The number of nitrogens with zero attached hydrogens (tertiary/aromatic N) is 2. The summed E-state index contributed by atoms with van der Waals surface area (Å²) in [5, 5.41) is 2.99. The molecule has 2 heterocycles. The molecule has 0 bridgehead atoms. The van der Waals surface area contributed by atoms with E-state index in [-0.39, 0.29) is 17.6 Å². The Balaban J connectivity index is 1.72. The molecule has 156 valence electrons. The van der Waals surface area contributed by atoms with Gasteiger partial charge in [0.25, 0.3) is 5.91 Å². The highest BCUT2D eigenvalue weighted by atomic mass is 32.2. The van der Waals surface area contributed by atoms with Crippen molar-refractivity contribution in [3.05, 3.63) is 64.5 Å². The average molecular weight is 416 g/mol. The lowest BCUT2D eigenvalue weighted by Crippen LogP contribution is -2.39. The third kappa shape index (κ3) is 5.22. The van der Waals surface area contributed by atoms with E-state index in [0.717, 1.165) is 17.0 Å². The van der Waals surface area contributed by atoms with Crippen molar-refractivity contribution < 1.29 is 13.2 Å². The lowest BCUT2D eigenvalue weighted by atomic mass is 9.90. The Morgan fingerprint density at radius 3 is 2.38 bits per heavy atom. The van der Waals surface area contributed by atoms with Crippen molar-refractivity contribution >= 4 is 15.9 Å². The molecule has 1 aromatic heterocycles. The van der Waals surface area contributed by atoms with Crippen LogP contribution in [0.3, 0.4) is 0 Å². The second kappa shape index (κ2) is 9.05. The molecule has 1 N–H and O–H groups in total. The Labute approximate surface area is 173 Å². The fourth-order valence-electron chi connectivity index (χ4n) is 3.65. The molecule has 29 heavy (non-hydrogen) atoms. The molecule has 0 spiro atoms. The maximum atomic E-state index is 12.9. The van der Waals surface area contributed by atoms with Crippen LogP contribution in [0, 0.1) is 13.8 Å². The van der Waals surface area contributed by atoms with Gasteiger partial charge in [0.2, 0.25) is 10.0 Å². The number of aryl methyl sites for hydroxylation is 2. The topological polar surface area (TPSA) is 79.4 Å². The van der Waals surface area contributed by atoms with Crippen LogP contribution in [0.25, 0.3) is 0 Å². The zero-order chi connectivity index (χ0) is 21.0. The molecule has 1 amide bonds. The van der Waals surface area contributed by atoms with Crippen LogP contribution in [0.1, 0.15) is 58.6 Å². The summed E-state index contributed by atoms with van der Waals surface area (Å²) in [5.41, 5.74) is 4.45. The molecule has 7 heteroatoms. The normalized spacial score (nSPS) is 16.0. The third-order valence-corrected chi connectivity index (χ3v) is 7.36. The number of hydrogen-bond donors (Lipinski definition) is 1. The van der Waals surface area contributed by atoms with E-state index < -0.39 is 10.0 Å². The molecular weight excluding hydrogens is 386 g/mol. The summed E-state index contributed by atoms with van der Waals surface area (Å²) < 4.78 is 25.8. The number of nitrogens with one attached hydrogen (secondary N) is 1. The van der Waals surface area contributed by atoms with Crippen molar-refractivity contribution in [3.8, 4) is 0 Å². The first-order valence-corrected chi connectivity index (χ1v) is 11.7. The number of benzene rings is 1. The van der Waals surface area contributed by atoms with E-state index in [2.05, 4.69) is 10.3 Å². The Hall–Kier alpha value is -2.25. The molecule has 1 saturated heterocycles. The maximum Gasteiger partial charge on any atom is 0.253 e. The molecule has 2 aromatic rings. The zero-order valence-electron chi connectivity index (χ0n) is 17.3. The van der Waals surface area contributed by atoms with Gasteiger partial charge in [-0.1, -0.05) is 29.8 Å². The van der Waals surface area contributed by atoms with Crippen molar-refractivity contribution in [2.24, 2.45) is 0 Å². The maximum absolute atomic E-state index is 12.9. The summed E-state index contributed by atoms with van der Waals surface area (Å²) >= 11 is 0. The van der Waals surface area contributed by atoms with E-state index >= 15 is 0 Å². The summed E-state index contributed by atoms with van der Waals surface area (Å²) in [5.74, 6) is 0.0579. The number of sulfonamides is 1. The zero-order valence-corrected chi connectivity index (χ0v) is 18.1. The molecular formula is C22H29N3O3S. The molecule has 1 aliphatic heterocycles. The highest BCUT2D eigenvalue weighted by Crippen LogP contribution is 2.30. The van der Waals surface area contributed by atoms with E-state index in [1.54, 1.807) is 11.2 Å². The number of amides is 1. The minimum Gasteiger partial charge on any atom is -0.348 e. The van der Waals surface area contributed by atoms with E-state index in [4.69, 9.17) is 0 Å². The first-order chi connectivity index (χ1) is 13.8. The molecule has 3 rings (SSSR count). The molecule has 1 aliphatic rings. The van der Waals surface area contributed by atoms with E-state index in [0.29, 0.717) is 38.0 Å². The number of rotatable bonds is 6. The van der Waals surface area contributed by atoms with Gasteiger partial charge in [0.15, 0.2) is 0 Å². The van der Waals surface area contributed by atoms with Crippen molar-refractivity contribution in [1.29, 1.82) is 0 Å². The summed E-state index contributed by atoms with van der Waals surface area (Å²) in [7, 11) is -3.17. The monoisotopic (exact) mass is 415 g/mol. The van der Waals surface area contributed by atoms with Crippen LogP contribution in [-0.4, -0.2) is 42.5 Å². The number of pyridine rings is 1. The number of carbonyl (C=O) groups is 1. The molecule has 0 saturated carbocycles. The first kappa shape index (κ1) is 21.5. The fraction of sp³-hybridized carbons (Fsp3) is 0.455. The molecule has 0 aliphatic carbocycles. The minimum absolute atomic E-state index is 0.0818. The molecule has 0 unspecified atom stereocenters. The van der Waals surface area contributed by atoms with Crippen LogP contribution >= 0.6 is 0 Å². The second-order valence-corrected chi connectivity index (χ2v) is 9.89. The summed E-state index contributed by atoms with van der Waals surface area (Å²) in [6, 6.07) is 11.7. The van der Waals surface area contributed by atoms with Crippen LogP contribution in [0.15, 0.2) is 36.4 Å². The predicted octanol–water partition coefficient (Wildman–Crippen LogP) is 3.16. The first-order valence-electron chi connectivity index (χ1n) is 10.1. The Morgan fingerprint density at radius 2 is 1.76 bits per heavy atom. The third-order valence-electron chi connectivity index (χ3n) is 5.48. The fourth-order valence-corrected chi connectivity index (χ4v) is 4.79. The Kier molecular flexibility index (Phi) is 6.70. The standard InChI is InChI=1S/C22H29N3O3S/c1-4-29(27,28)25-13-11-19(12-14-25)21-20(10-7-17(3)24-21)22(26)23-15-18-8-5-16(2)6-9-18/h5-10,19H,4,11-15H2,1-3H3,(H,23,26). The van der Waals surface area contributed by atoms with Gasteiger partial charge in [0.05, 0.1) is 17.0 Å². The Morgan fingerprint density at radius 1 is 1.10 bits per heavy atom. The van der Waals surface area contributed by atoms with Gasteiger partial charge in [-0.05, 0) is 51.3 Å². The number of carbonyl (C=O) groups excluding carboxylic acids is 1. The largest absolute Gasteiger partial charge is 0.348 e. The van der Waals surface area contributed by atoms with Gasteiger partial charge < -0.3 is 5.32 Å². The van der Waals surface area contributed by atoms with E-state index in [1.165, 1.54) is 5.56 Å². The summed E-state index contributed by atoms with van der Waals surface area (Å²) in [6.45, 7) is 7.01. The van der Waals surface area contributed by atoms with Crippen LogP contribution in [0.2, 0.25) is 0 Å². The van der Waals surface area contributed by atoms with Gasteiger partial charge in [-0.3, -0.25) is 9.78 Å². The molecule has 1 fully saturated rings. The van der Waals surface area contributed by atoms with Crippen LogP contribution in [0.5, 0.6) is 0 Å². The van der Waals surface area contributed by atoms with Crippen molar-refractivity contribution in [2.75, 3.05) is 18.8 Å². The molecule has 0 radical (unpaired) electrons. The average Bonchev–Trinajstić information content (AvgIpc) is 2.73. The highest BCUT2D eigenvalue weighted by Gasteiger charge is 2.30. The lowest BCUT2D eigenvalue weighted by molar-refractivity contribution is 0.0948. The van der Waals surface area contributed by atoms with Crippen molar-refractivity contribution in [2.45, 2.75) is 46.1 Å². The second-order valence-electron chi connectivity index (χ2n) is 7.63. The van der Waals surface area contributed by atoms with Gasteiger partial charge in [0.1, 0.15) is 0 Å².